The average Bonchev–Trinajstić information content (AvgIpc) is 2.18. The summed E-state index contributed by atoms with van der Waals surface area (Å²) in [7, 11) is 0. The van der Waals surface area contributed by atoms with Crippen LogP contribution in [0.2, 0.25) is 0 Å². The molecule has 0 aliphatic carbocycles. The van der Waals surface area contributed by atoms with Crippen molar-refractivity contribution in [3.8, 4) is 0 Å². The number of rotatable bonds is 7. The second-order valence-corrected chi connectivity index (χ2v) is 3.44. The molecule has 0 aromatic carbocycles. The fraction of sp³-hybridized carbons (Fsp3) is 0.800. The fourth-order valence-electron chi connectivity index (χ4n) is 1.01. The van der Waals surface area contributed by atoms with E-state index in [2.05, 4.69) is 0 Å². The first-order chi connectivity index (χ1) is 7.11. The van der Waals surface area contributed by atoms with E-state index in [9.17, 15) is 9.59 Å². The van der Waals surface area contributed by atoms with Gasteiger partial charge in [0, 0.05) is 6.42 Å². The number of hydrogen-bond acceptors (Lipinski definition) is 4. The minimum absolute atomic E-state index is 0.259. The zero-order valence-corrected chi connectivity index (χ0v) is 9.88. The molecule has 0 bridgehead atoms. The highest BCUT2D eigenvalue weighted by Gasteiger charge is 2.16. The molecular weight excluding hydrogens is 220 g/mol. The Morgan fingerprint density at radius 1 is 1.20 bits per heavy atom. The monoisotopic (exact) mass is 236 g/mol. The molecule has 0 N–H and O–H groups in total. The quantitative estimate of drug-likeness (QED) is 0.500. The van der Waals surface area contributed by atoms with Crippen LogP contribution in [0.15, 0.2) is 0 Å². The maximum Gasteiger partial charge on any atom is 0.324 e. The zero-order valence-electron chi connectivity index (χ0n) is 9.12. The zero-order chi connectivity index (χ0) is 11.7. The van der Waals surface area contributed by atoms with Crippen molar-refractivity contribution in [2.75, 3.05) is 13.2 Å². The van der Waals surface area contributed by atoms with Gasteiger partial charge in [0.15, 0.2) is 0 Å². The number of ether oxygens (including phenoxy) is 2. The molecule has 0 saturated heterocycles. The highest BCUT2D eigenvalue weighted by Crippen LogP contribution is 2.10. The molecule has 0 radical (unpaired) electrons. The van der Waals surface area contributed by atoms with E-state index in [1.54, 1.807) is 13.8 Å². The van der Waals surface area contributed by atoms with Gasteiger partial charge in [0.2, 0.25) is 0 Å². The van der Waals surface area contributed by atoms with Gasteiger partial charge in [-0.15, -0.1) is 11.6 Å². The normalized spacial score (nSPS) is 11.9. The van der Waals surface area contributed by atoms with E-state index >= 15 is 0 Å². The number of halogens is 1. The Morgan fingerprint density at radius 2 is 1.80 bits per heavy atom. The third-order valence-electron chi connectivity index (χ3n) is 1.69. The van der Waals surface area contributed by atoms with Crippen molar-refractivity contribution >= 4 is 23.5 Å². The van der Waals surface area contributed by atoms with Crippen LogP contribution in [0.4, 0.5) is 0 Å². The van der Waals surface area contributed by atoms with Gasteiger partial charge in [-0.05, 0) is 26.7 Å². The Bertz CT molecular complexity index is 206. The van der Waals surface area contributed by atoms with Crippen molar-refractivity contribution in [1.82, 2.24) is 0 Å². The van der Waals surface area contributed by atoms with Crippen LogP contribution >= 0.6 is 11.6 Å². The van der Waals surface area contributed by atoms with Crippen molar-refractivity contribution in [2.45, 2.75) is 38.5 Å². The van der Waals surface area contributed by atoms with E-state index in [1.165, 1.54) is 0 Å². The molecular formula is C10H17ClO4. The van der Waals surface area contributed by atoms with Gasteiger partial charge in [0.25, 0.3) is 0 Å². The van der Waals surface area contributed by atoms with E-state index in [1.807, 2.05) is 0 Å². The van der Waals surface area contributed by atoms with Crippen LogP contribution < -0.4 is 0 Å². The largest absolute Gasteiger partial charge is 0.466 e. The van der Waals surface area contributed by atoms with Gasteiger partial charge in [-0.2, -0.15) is 0 Å². The highest BCUT2D eigenvalue weighted by atomic mass is 35.5. The molecule has 0 aliphatic rings. The Hall–Kier alpha value is -0.770. The molecule has 1 unspecified atom stereocenters. The summed E-state index contributed by atoms with van der Waals surface area (Å²) in [6.07, 6.45) is 1.25. The summed E-state index contributed by atoms with van der Waals surface area (Å²) in [5.41, 5.74) is 0. The molecule has 0 fully saturated rings. The van der Waals surface area contributed by atoms with Gasteiger partial charge < -0.3 is 9.47 Å². The lowest BCUT2D eigenvalue weighted by Gasteiger charge is -2.07. The highest BCUT2D eigenvalue weighted by molar-refractivity contribution is 6.29. The van der Waals surface area contributed by atoms with Crippen LogP contribution in [0, 0.1) is 0 Å². The van der Waals surface area contributed by atoms with E-state index in [0.717, 1.165) is 0 Å². The van der Waals surface area contributed by atoms with Crippen molar-refractivity contribution in [2.24, 2.45) is 0 Å². The van der Waals surface area contributed by atoms with Gasteiger partial charge in [0.1, 0.15) is 5.38 Å². The number of carbonyl (C=O) groups is 2. The second-order valence-electron chi connectivity index (χ2n) is 2.92. The molecule has 88 valence electrons. The molecule has 15 heavy (non-hydrogen) atoms. The van der Waals surface area contributed by atoms with Gasteiger partial charge in [0.05, 0.1) is 13.2 Å². The molecule has 0 heterocycles. The van der Waals surface area contributed by atoms with Crippen LogP contribution in [0.1, 0.15) is 33.1 Å². The number of carbonyl (C=O) groups excluding carboxylic acids is 2. The predicted octanol–water partition coefficient (Wildman–Crippen LogP) is 1.89. The summed E-state index contributed by atoms with van der Waals surface area (Å²) in [4.78, 5) is 22.0. The molecule has 0 amide bonds. The van der Waals surface area contributed by atoms with E-state index in [0.29, 0.717) is 26.1 Å². The van der Waals surface area contributed by atoms with Crippen LogP contribution in [0.5, 0.6) is 0 Å². The topological polar surface area (TPSA) is 52.6 Å². The number of hydrogen-bond donors (Lipinski definition) is 0. The Kier molecular flexibility index (Phi) is 8.09. The van der Waals surface area contributed by atoms with E-state index in [-0.39, 0.29) is 12.4 Å². The number of alkyl halides is 1. The molecule has 0 aromatic rings. The smallest absolute Gasteiger partial charge is 0.324 e. The molecule has 5 heteroatoms. The average molecular weight is 237 g/mol. The first-order valence-electron chi connectivity index (χ1n) is 5.08. The van der Waals surface area contributed by atoms with Gasteiger partial charge in [-0.25, -0.2) is 0 Å². The van der Waals surface area contributed by atoms with Crippen LogP contribution in [0.3, 0.4) is 0 Å². The fourth-order valence-corrected chi connectivity index (χ4v) is 1.23. The summed E-state index contributed by atoms with van der Waals surface area (Å²) in [5, 5.41) is -0.667. The van der Waals surface area contributed by atoms with E-state index < -0.39 is 11.3 Å². The lowest BCUT2D eigenvalue weighted by molar-refractivity contribution is -0.145. The maximum atomic E-state index is 11.1. The van der Waals surface area contributed by atoms with Gasteiger partial charge >= 0.3 is 11.9 Å². The first kappa shape index (κ1) is 14.2. The Labute approximate surface area is 94.9 Å². The lowest BCUT2D eigenvalue weighted by atomic mass is 10.2. The molecule has 1 atom stereocenters. The van der Waals surface area contributed by atoms with Gasteiger partial charge in [-0.1, -0.05) is 0 Å². The third kappa shape index (κ3) is 7.19. The molecule has 0 rings (SSSR count). The maximum absolute atomic E-state index is 11.1. The van der Waals surface area contributed by atoms with Crippen LogP contribution in [-0.4, -0.2) is 30.5 Å². The SMILES string of the molecule is CCOC(=O)CCCC(Cl)C(=O)OCC. The summed E-state index contributed by atoms with van der Waals surface area (Å²) >= 11 is 5.74. The molecule has 0 spiro atoms. The van der Waals surface area contributed by atoms with Gasteiger partial charge in [-0.3, -0.25) is 9.59 Å². The molecule has 0 aliphatic heterocycles. The summed E-state index contributed by atoms with van der Waals surface area (Å²) < 4.78 is 9.46. The van der Waals surface area contributed by atoms with Crippen molar-refractivity contribution < 1.29 is 19.1 Å². The predicted molar refractivity (Wildman–Crippen MR) is 56.8 cm³/mol. The first-order valence-corrected chi connectivity index (χ1v) is 5.51. The van der Waals surface area contributed by atoms with Crippen LogP contribution in [-0.2, 0) is 19.1 Å². The van der Waals surface area contributed by atoms with Crippen molar-refractivity contribution in [1.29, 1.82) is 0 Å². The Morgan fingerprint density at radius 3 is 2.33 bits per heavy atom. The summed E-state index contributed by atoms with van der Waals surface area (Å²) in [6, 6.07) is 0. The Balaban J connectivity index is 3.58. The van der Waals surface area contributed by atoms with Crippen molar-refractivity contribution in [3.05, 3.63) is 0 Å². The third-order valence-corrected chi connectivity index (χ3v) is 2.08. The lowest BCUT2D eigenvalue weighted by Crippen LogP contribution is -2.18. The van der Waals surface area contributed by atoms with Crippen LogP contribution in [0.25, 0.3) is 0 Å². The minimum atomic E-state index is -0.667. The standard InChI is InChI=1S/C10H17ClO4/c1-3-14-9(12)7-5-6-8(11)10(13)15-4-2/h8H,3-7H2,1-2H3. The van der Waals surface area contributed by atoms with E-state index in [4.69, 9.17) is 21.1 Å². The van der Waals surface area contributed by atoms with Crippen molar-refractivity contribution in [3.63, 3.8) is 0 Å². The molecule has 0 aromatic heterocycles. The summed E-state index contributed by atoms with van der Waals surface area (Å²) in [6.45, 7) is 4.17. The molecule has 4 nitrogen and oxygen atoms in total. The summed E-state index contributed by atoms with van der Waals surface area (Å²) in [5.74, 6) is -0.687. The minimum Gasteiger partial charge on any atom is -0.466 e. The molecule has 0 saturated carbocycles. The second kappa shape index (κ2) is 8.53. The number of esters is 2.